The number of rotatable bonds is 1. The molecule has 0 fully saturated rings. The van der Waals surface area contributed by atoms with Gasteiger partial charge in [0.25, 0.3) is 0 Å². The first-order valence-corrected chi connectivity index (χ1v) is 4.43. The average molecular weight is 151 g/mol. The van der Waals surface area contributed by atoms with Crippen LogP contribution < -0.4 is 0 Å². The fourth-order valence-electron chi connectivity index (χ4n) is 1.72. The zero-order valence-corrected chi connectivity index (χ0v) is 7.59. The van der Waals surface area contributed by atoms with Gasteiger partial charge in [-0.3, -0.25) is 0 Å². The summed E-state index contributed by atoms with van der Waals surface area (Å²) in [5, 5.41) is 7.60. The second kappa shape index (κ2) is 3.21. The molecule has 0 aromatic carbocycles. The smallest absolute Gasteiger partial charge is 0.0341 e. The lowest BCUT2D eigenvalue weighted by Gasteiger charge is -2.29. The largest absolute Gasteiger partial charge is 0.305 e. The molecule has 0 aromatic heterocycles. The van der Waals surface area contributed by atoms with Gasteiger partial charge in [-0.1, -0.05) is 26.8 Å². The average Bonchev–Trinajstić information content (AvgIpc) is 2.01. The Morgan fingerprint density at radius 3 is 2.64 bits per heavy atom. The topological polar surface area (TPSA) is 23.9 Å². The molecule has 0 radical (unpaired) electrons. The van der Waals surface area contributed by atoms with Crippen molar-refractivity contribution < 1.29 is 0 Å². The first-order chi connectivity index (χ1) is 5.16. The number of allylic oxidation sites excluding steroid dienone is 2. The Balaban J connectivity index is 2.76. The Labute approximate surface area is 69.0 Å². The Hall–Kier alpha value is -0.590. The van der Waals surface area contributed by atoms with Crippen LogP contribution in [0.15, 0.2) is 12.2 Å². The van der Waals surface area contributed by atoms with Gasteiger partial charge in [-0.2, -0.15) is 0 Å². The van der Waals surface area contributed by atoms with Crippen LogP contribution in [0.2, 0.25) is 0 Å². The molecule has 1 aliphatic rings. The molecule has 1 nitrogen and oxygen atoms in total. The lowest BCUT2D eigenvalue weighted by Crippen LogP contribution is -2.26. The van der Waals surface area contributed by atoms with Crippen molar-refractivity contribution in [3.05, 3.63) is 12.2 Å². The summed E-state index contributed by atoms with van der Waals surface area (Å²) >= 11 is 0. The van der Waals surface area contributed by atoms with Crippen molar-refractivity contribution in [3.63, 3.8) is 0 Å². The van der Waals surface area contributed by atoms with Crippen LogP contribution in [0, 0.1) is 23.2 Å². The molecule has 0 bridgehead atoms. The second-order valence-electron chi connectivity index (χ2n) is 3.53. The van der Waals surface area contributed by atoms with E-state index in [9.17, 15) is 0 Å². The van der Waals surface area contributed by atoms with E-state index in [1.165, 1.54) is 6.42 Å². The van der Waals surface area contributed by atoms with Crippen LogP contribution in [-0.4, -0.2) is 5.71 Å². The van der Waals surface area contributed by atoms with Crippen LogP contribution in [-0.2, 0) is 0 Å². The van der Waals surface area contributed by atoms with Gasteiger partial charge in [0.2, 0.25) is 0 Å². The standard InChI is InChI=1S/C10H17N/c1-4-9-5-6-10(11)8(3)7(9)2/h5-9,11H,4H2,1-3H3. The van der Waals surface area contributed by atoms with E-state index in [-0.39, 0.29) is 0 Å². The third kappa shape index (κ3) is 1.52. The van der Waals surface area contributed by atoms with Crippen molar-refractivity contribution in [2.75, 3.05) is 0 Å². The van der Waals surface area contributed by atoms with E-state index < -0.39 is 0 Å². The number of nitrogens with one attached hydrogen (secondary N) is 1. The van der Waals surface area contributed by atoms with Gasteiger partial charge in [0.1, 0.15) is 0 Å². The number of hydrogen-bond acceptors (Lipinski definition) is 1. The lowest BCUT2D eigenvalue weighted by atomic mass is 9.76. The van der Waals surface area contributed by atoms with Crippen molar-refractivity contribution in [1.82, 2.24) is 0 Å². The van der Waals surface area contributed by atoms with E-state index in [1.54, 1.807) is 0 Å². The van der Waals surface area contributed by atoms with E-state index in [4.69, 9.17) is 5.41 Å². The molecule has 1 aliphatic carbocycles. The van der Waals surface area contributed by atoms with Gasteiger partial charge < -0.3 is 5.41 Å². The molecule has 11 heavy (non-hydrogen) atoms. The molecular weight excluding hydrogens is 134 g/mol. The van der Waals surface area contributed by atoms with E-state index in [0.717, 1.165) is 5.71 Å². The maximum absolute atomic E-state index is 7.60. The van der Waals surface area contributed by atoms with Gasteiger partial charge in [-0.25, -0.2) is 0 Å². The number of hydrogen-bond donors (Lipinski definition) is 1. The van der Waals surface area contributed by atoms with Gasteiger partial charge >= 0.3 is 0 Å². The van der Waals surface area contributed by atoms with Gasteiger partial charge in [0.15, 0.2) is 0 Å². The highest BCUT2D eigenvalue weighted by molar-refractivity contribution is 5.95. The maximum atomic E-state index is 7.60. The van der Waals surface area contributed by atoms with Crippen molar-refractivity contribution >= 4 is 5.71 Å². The highest BCUT2D eigenvalue weighted by Crippen LogP contribution is 2.29. The summed E-state index contributed by atoms with van der Waals surface area (Å²) in [7, 11) is 0. The summed E-state index contributed by atoms with van der Waals surface area (Å²) < 4.78 is 0. The predicted molar refractivity (Wildman–Crippen MR) is 49.0 cm³/mol. The van der Waals surface area contributed by atoms with Gasteiger partial charge in [0.05, 0.1) is 0 Å². The molecule has 1 heteroatoms. The molecule has 0 aromatic rings. The van der Waals surface area contributed by atoms with Crippen LogP contribution in [0.3, 0.4) is 0 Å². The first-order valence-electron chi connectivity index (χ1n) is 4.43. The van der Waals surface area contributed by atoms with Crippen LogP contribution in [0.25, 0.3) is 0 Å². The van der Waals surface area contributed by atoms with Crippen LogP contribution >= 0.6 is 0 Å². The van der Waals surface area contributed by atoms with Crippen LogP contribution in [0.4, 0.5) is 0 Å². The summed E-state index contributed by atoms with van der Waals surface area (Å²) in [4.78, 5) is 0. The fraction of sp³-hybridized carbons (Fsp3) is 0.700. The summed E-state index contributed by atoms with van der Waals surface area (Å²) in [6.45, 7) is 6.61. The fourth-order valence-corrected chi connectivity index (χ4v) is 1.72. The summed E-state index contributed by atoms with van der Waals surface area (Å²) in [5.74, 6) is 1.79. The zero-order valence-electron chi connectivity index (χ0n) is 7.59. The van der Waals surface area contributed by atoms with Crippen molar-refractivity contribution in [3.8, 4) is 0 Å². The zero-order chi connectivity index (χ0) is 8.43. The van der Waals surface area contributed by atoms with E-state index in [0.29, 0.717) is 17.8 Å². The summed E-state index contributed by atoms with van der Waals surface area (Å²) in [6, 6.07) is 0. The SMILES string of the molecule is CCC1C=CC(=N)C(C)C1C. The third-order valence-electron chi connectivity index (χ3n) is 2.95. The minimum atomic E-state index is 0.449. The molecule has 1 N–H and O–H groups in total. The molecule has 3 unspecified atom stereocenters. The summed E-state index contributed by atoms with van der Waals surface area (Å²) in [5.41, 5.74) is 0.794. The molecule has 0 saturated heterocycles. The molecule has 0 amide bonds. The van der Waals surface area contributed by atoms with Crippen molar-refractivity contribution in [2.24, 2.45) is 17.8 Å². The van der Waals surface area contributed by atoms with Crippen molar-refractivity contribution in [2.45, 2.75) is 27.2 Å². The first kappa shape index (κ1) is 8.51. The molecule has 0 saturated carbocycles. The summed E-state index contributed by atoms with van der Waals surface area (Å²) in [6.07, 6.45) is 5.36. The lowest BCUT2D eigenvalue weighted by molar-refractivity contribution is 0.351. The van der Waals surface area contributed by atoms with E-state index in [1.807, 2.05) is 6.08 Å². The minimum absolute atomic E-state index is 0.449. The van der Waals surface area contributed by atoms with Crippen LogP contribution in [0.1, 0.15) is 27.2 Å². The minimum Gasteiger partial charge on any atom is -0.305 e. The monoisotopic (exact) mass is 151 g/mol. The molecule has 0 spiro atoms. The molecule has 0 aliphatic heterocycles. The van der Waals surface area contributed by atoms with Gasteiger partial charge in [-0.05, 0) is 24.3 Å². The van der Waals surface area contributed by atoms with Gasteiger partial charge in [-0.15, -0.1) is 0 Å². The molecule has 62 valence electrons. The third-order valence-corrected chi connectivity index (χ3v) is 2.95. The Bertz CT molecular complexity index is 181. The molecule has 1 rings (SSSR count). The van der Waals surface area contributed by atoms with Gasteiger partial charge in [0, 0.05) is 11.6 Å². The highest BCUT2D eigenvalue weighted by Gasteiger charge is 2.24. The van der Waals surface area contributed by atoms with Crippen molar-refractivity contribution in [1.29, 1.82) is 5.41 Å². The Kier molecular flexibility index (Phi) is 2.48. The molecule has 0 heterocycles. The molecular formula is C10H17N. The Morgan fingerprint density at radius 1 is 1.45 bits per heavy atom. The maximum Gasteiger partial charge on any atom is 0.0341 e. The van der Waals surface area contributed by atoms with E-state index >= 15 is 0 Å². The predicted octanol–water partition coefficient (Wildman–Crippen LogP) is 2.87. The van der Waals surface area contributed by atoms with E-state index in [2.05, 4.69) is 26.8 Å². The normalized spacial score (nSPS) is 37.7. The second-order valence-corrected chi connectivity index (χ2v) is 3.53. The highest BCUT2D eigenvalue weighted by atomic mass is 14.5. The Morgan fingerprint density at radius 2 is 2.09 bits per heavy atom. The quantitative estimate of drug-likeness (QED) is 0.596. The van der Waals surface area contributed by atoms with Crippen LogP contribution in [0.5, 0.6) is 0 Å². The molecule has 3 atom stereocenters.